The van der Waals surface area contributed by atoms with Crippen molar-refractivity contribution in [3.8, 4) is 11.3 Å². The molecule has 2 aliphatic rings. The van der Waals surface area contributed by atoms with Gasteiger partial charge in [0.1, 0.15) is 6.33 Å². The van der Waals surface area contributed by atoms with Crippen molar-refractivity contribution < 1.29 is 0 Å². The molecule has 6 rings (SSSR count). The Hall–Kier alpha value is -3.65. The number of nitrogens with zero attached hydrogens (tertiary/aromatic N) is 5. The molecule has 0 amide bonds. The van der Waals surface area contributed by atoms with E-state index in [-0.39, 0.29) is 5.56 Å². The largest absolute Gasteiger partial charge is 0.369 e. The summed E-state index contributed by atoms with van der Waals surface area (Å²) in [6.07, 6.45) is 10.1. The highest BCUT2D eigenvalue weighted by Crippen LogP contribution is 2.28. The monoisotopic (exact) mass is 469 g/mol. The first-order valence-corrected chi connectivity index (χ1v) is 12.6. The van der Waals surface area contributed by atoms with Crippen LogP contribution in [0.1, 0.15) is 32.1 Å². The van der Waals surface area contributed by atoms with Gasteiger partial charge < -0.3 is 15.2 Å². The molecular weight excluding hydrogens is 438 g/mol. The molecule has 0 spiro atoms. The summed E-state index contributed by atoms with van der Waals surface area (Å²) < 4.78 is 1.76. The van der Waals surface area contributed by atoms with Gasteiger partial charge in [-0.15, -0.1) is 0 Å². The van der Waals surface area contributed by atoms with Crippen LogP contribution in [0, 0.1) is 0 Å². The van der Waals surface area contributed by atoms with E-state index in [1.165, 1.54) is 44.1 Å². The Morgan fingerprint density at radius 2 is 1.71 bits per heavy atom. The van der Waals surface area contributed by atoms with Gasteiger partial charge in [0.05, 0.1) is 11.4 Å². The van der Waals surface area contributed by atoms with E-state index in [9.17, 15) is 4.79 Å². The summed E-state index contributed by atoms with van der Waals surface area (Å²) in [5, 5.41) is 7.87. The number of anilines is 3. The lowest BCUT2D eigenvalue weighted by Gasteiger charge is -2.41. The third-order valence-electron chi connectivity index (χ3n) is 7.41. The SMILES string of the molecule is O=c1cc(-c2ccc(Nc3ccc(N4CCN(C5CCCCC5)CC4)cc3)c3ncnn23)cc[nH]1. The topological polar surface area (TPSA) is 81.6 Å². The minimum absolute atomic E-state index is 0.145. The molecule has 1 aromatic carbocycles. The summed E-state index contributed by atoms with van der Waals surface area (Å²) in [6, 6.07) is 16.8. The van der Waals surface area contributed by atoms with Gasteiger partial charge in [-0.1, -0.05) is 19.3 Å². The number of aromatic amines is 1. The molecule has 0 atom stereocenters. The number of nitrogens with one attached hydrogen (secondary N) is 2. The van der Waals surface area contributed by atoms with E-state index in [2.05, 4.69) is 54.4 Å². The van der Waals surface area contributed by atoms with Crippen LogP contribution in [0.4, 0.5) is 17.1 Å². The number of pyridine rings is 2. The number of hydrogen-bond acceptors (Lipinski definition) is 6. The van der Waals surface area contributed by atoms with E-state index in [4.69, 9.17) is 0 Å². The van der Waals surface area contributed by atoms with E-state index in [1.807, 2.05) is 18.2 Å². The highest BCUT2D eigenvalue weighted by molar-refractivity contribution is 5.77. The molecule has 4 aromatic rings. The van der Waals surface area contributed by atoms with Crippen LogP contribution in [0.25, 0.3) is 16.9 Å². The van der Waals surface area contributed by atoms with Crippen molar-refractivity contribution in [2.75, 3.05) is 36.4 Å². The smallest absolute Gasteiger partial charge is 0.248 e. The second-order valence-electron chi connectivity index (χ2n) is 9.56. The molecular formula is C27H31N7O. The molecule has 1 saturated carbocycles. The van der Waals surface area contributed by atoms with E-state index in [1.54, 1.807) is 16.8 Å². The van der Waals surface area contributed by atoms with Crippen LogP contribution in [0.2, 0.25) is 0 Å². The second kappa shape index (κ2) is 9.54. The molecule has 1 aliphatic carbocycles. The number of rotatable bonds is 5. The Bertz CT molecular complexity index is 1350. The molecule has 180 valence electrons. The second-order valence-corrected chi connectivity index (χ2v) is 9.56. The quantitative estimate of drug-likeness (QED) is 0.454. The average Bonchev–Trinajstić information content (AvgIpc) is 3.41. The number of benzene rings is 1. The first-order valence-electron chi connectivity index (χ1n) is 12.6. The molecule has 2 fully saturated rings. The van der Waals surface area contributed by atoms with Crippen LogP contribution in [-0.4, -0.2) is 56.7 Å². The third kappa shape index (κ3) is 4.53. The fraction of sp³-hybridized carbons (Fsp3) is 0.370. The Labute approximate surface area is 204 Å². The summed E-state index contributed by atoms with van der Waals surface area (Å²) in [6.45, 7) is 4.51. The average molecular weight is 470 g/mol. The number of H-pyrrole nitrogens is 1. The maximum Gasteiger partial charge on any atom is 0.248 e. The van der Waals surface area contributed by atoms with Crippen molar-refractivity contribution in [3.05, 3.63) is 71.4 Å². The Kier molecular flexibility index (Phi) is 5.96. The van der Waals surface area contributed by atoms with Gasteiger partial charge >= 0.3 is 0 Å². The molecule has 0 radical (unpaired) electrons. The Morgan fingerprint density at radius 3 is 2.49 bits per heavy atom. The van der Waals surface area contributed by atoms with Crippen molar-refractivity contribution in [3.63, 3.8) is 0 Å². The summed E-state index contributed by atoms with van der Waals surface area (Å²) in [7, 11) is 0. The Morgan fingerprint density at radius 1 is 0.914 bits per heavy atom. The van der Waals surface area contributed by atoms with Crippen LogP contribution in [0.5, 0.6) is 0 Å². The van der Waals surface area contributed by atoms with E-state index in [0.717, 1.165) is 54.9 Å². The molecule has 8 heteroatoms. The third-order valence-corrected chi connectivity index (χ3v) is 7.41. The van der Waals surface area contributed by atoms with Gasteiger partial charge in [-0.25, -0.2) is 9.50 Å². The normalized spacial score (nSPS) is 17.7. The molecule has 8 nitrogen and oxygen atoms in total. The molecule has 3 aromatic heterocycles. The summed E-state index contributed by atoms with van der Waals surface area (Å²) in [5.41, 5.74) is 5.32. The molecule has 2 N–H and O–H groups in total. The maximum atomic E-state index is 11.8. The fourth-order valence-electron chi connectivity index (χ4n) is 5.53. The first-order chi connectivity index (χ1) is 17.2. The minimum atomic E-state index is -0.145. The minimum Gasteiger partial charge on any atom is -0.369 e. The molecule has 35 heavy (non-hydrogen) atoms. The van der Waals surface area contributed by atoms with Gasteiger partial charge in [0.2, 0.25) is 5.56 Å². The zero-order valence-corrected chi connectivity index (χ0v) is 19.9. The van der Waals surface area contributed by atoms with Gasteiger partial charge in [-0.05, 0) is 55.3 Å². The van der Waals surface area contributed by atoms with E-state index in [0.29, 0.717) is 5.65 Å². The fourth-order valence-corrected chi connectivity index (χ4v) is 5.53. The lowest BCUT2D eigenvalue weighted by Crippen LogP contribution is -2.50. The van der Waals surface area contributed by atoms with Gasteiger partial charge in [-0.2, -0.15) is 5.10 Å². The van der Waals surface area contributed by atoms with Crippen molar-refractivity contribution in [1.29, 1.82) is 0 Å². The number of hydrogen-bond donors (Lipinski definition) is 2. The highest BCUT2D eigenvalue weighted by Gasteiger charge is 2.25. The molecule has 1 aliphatic heterocycles. The lowest BCUT2D eigenvalue weighted by molar-refractivity contribution is 0.148. The summed E-state index contributed by atoms with van der Waals surface area (Å²) in [5.74, 6) is 0. The molecule has 0 bridgehead atoms. The van der Waals surface area contributed by atoms with Gasteiger partial charge in [0.25, 0.3) is 0 Å². The first kappa shape index (κ1) is 21.9. The zero-order chi connectivity index (χ0) is 23.6. The van der Waals surface area contributed by atoms with Gasteiger partial charge in [0, 0.05) is 61.4 Å². The van der Waals surface area contributed by atoms with Crippen molar-refractivity contribution in [2.24, 2.45) is 0 Å². The standard InChI is InChI=1S/C27H31N7O/c35-26-18-20(12-13-28-26)25-11-10-24(27-29-19-30-34(25)27)31-21-6-8-23(9-7-21)33-16-14-32(15-17-33)22-4-2-1-3-5-22/h6-13,18-19,22,31H,1-5,14-17H2,(H,28,35). The van der Waals surface area contributed by atoms with Gasteiger partial charge in [0.15, 0.2) is 5.65 Å². The van der Waals surface area contributed by atoms with Crippen LogP contribution in [0.15, 0.2) is 65.8 Å². The summed E-state index contributed by atoms with van der Waals surface area (Å²) in [4.78, 5) is 24.1. The van der Waals surface area contributed by atoms with Gasteiger partial charge in [-0.3, -0.25) is 9.69 Å². The van der Waals surface area contributed by atoms with Crippen molar-refractivity contribution >= 4 is 22.7 Å². The highest BCUT2D eigenvalue weighted by atomic mass is 16.1. The molecule has 0 unspecified atom stereocenters. The predicted molar refractivity (Wildman–Crippen MR) is 139 cm³/mol. The number of piperazine rings is 1. The van der Waals surface area contributed by atoms with Crippen molar-refractivity contribution in [1.82, 2.24) is 24.5 Å². The zero-order valence-electron chi connectivity index (χ0n) is 19.9. The maximum absolute atomic E-state index is 11.8. The van der Waals surface area contributed by atoms with E-state index >= 15 is 0 Å². The molecule has 4 heterocycles. The number of fused-ring (bicyclic) bond motifs is 1. The predicted octanol–water partition coefficient (Wildman–Crippen LogP) is 4.28. The molecule has 1 saturated heterocycles. The summed E-state index contributed by atoms with van der Waals surface area (Å²) >= 11 is 0. The van der Waals surface area contributed by atoms with Crippen LogP contribution >= 0.6 is 0 Å². The lowest BCUT2D eigenvalue weighted by atomic mass is 9.94. The van der Waals surface area contributed by atoms with Crippen molar-refractivity contribution in [2.45, 2.75) is 38.1 Å². The Balaban J connectivity index is 1.15. The van der Waals surface area contributed by atoms with E-state index < -0.39 is 0 Å². The van der Waals surface area contributed by atoms with Crippen LogP contribution in [0.3, 0.4) is 0 Å². The van der Waals surface area contributed by atoms with Crippen LogP contribution < -0.4 is 15.8 Å². The van der Waals surface area contributed by atoms with Crippen LogP contribution in [-0.2, 0) is 0 Å². The number of aromatic nitrogens is 4.